The van der Waals surface area contributed by atoms with Crippen LogP contribution in [0.25, 0.3) is 0 Å². The number of phenolic OH excluding ortho intramolecular Hbond substituents is 2. The summed E-state index contributed by atoms with van der Waals surface area (Å²) >= 11 is 0. The lowest BCUT2D eigenvalue weighted by molar-refractivity contribution is -0.119. The largest absolute Gasteiger partial charge is 0.508 e. The lowest BCUT2D eigenvalue weighted by atomic mass is 10.2. The van der Waals surface area contributed by atoms with Crippen LogP contribution in [-0.4, -0.2) is 28.9 Å². The molecule has 0 saturated carbocycles. The summed E-state index contributed by atoms with van der Waals surface area (Å²) in [6, 6.07) is 11.8. The Labute approximate surface area is 128 Å². The number of hydrogen-bond acceptors (Lipinski definition) is 5. The molecule has 0 atom stereocenters. The zero-order valence-corrected chi connectivity index (χ0v) is 12.1. The molecule has 0 aliphatic heterocycles. The number of nitrogens with one attached hydrogen (secondary N) is 2. The Morgan fingerprint density at radius 3 is 2.73 bits per heavy atom. The third kappa shape index (κ3) is 4.24. The molecule has 0 aromatic heterocycles. The van der Waals surface area contributed by atoms with Crippen LogP contribution in [0.15, 0.2) is 47.6 Å². The van der Waals surface area contributed by atoms with Crippen molar-refractivity contribution in [1.82, 2.24) is 5.43 Å². The number of para-hydroxylation sites is 1. The fourth-order valence-electron chi connectivity index (χ4n) is 1.80. The van der Waals surface area contributed by atoms with Gasteiger partial charge in [0.2, 0.25) is 0 Å². The van der Waals surface area contributed by atoms with Gasteiger partial charge in [0.25, 0.3) is 5.91 Å². The highest BCUT2D eigenvalue weighted by atomic mass is 16.3. The highest BCUT2D eigenvalue weighted by Gasteiger charge is 2.02. The zero-order chi connectivity index (χ0) is 15.9. The number of aromatic hydroxyl groups is 2. The van der Waals surface area contributed by atoms with Gasteiger partial charge in [-0.1, -0.05) is 18.2 Å². The van der Waals surface area contributed by atoms with Crippen molar-refractivity contribution in [2.75, 3.05) is 11.9 Å². The highest BCUT2D eigenvalue weighted by molar-refractivity contribution is 5.86. The van der Waals surface area contributed by atoms with Crippen LogP contribution in [0.2, 0.25) is 0 Å². The molecule has 2 aromatic rings. The van der Waals surface area contributed by atoms with E-state index in [-0.39, 0.29) is 24.0 Å². The lowest BCUT2D eigenvalue weighted by Crippen LogP contribution is -2.26. The van der Waals surface area contributed by atoms with E-state index in [2.05, 4.69) is 15.8 Å². The van der Waals surface area contributed by atoms with Crippen molar-refractivity contribution in [3.05, 3.63) is 53.6 Å². The summed E-state index contributed by atoms with van der Waals surface area (Å²) in [5.74, 6) is -0.463. The normalized spacial score (nSPS) is 10.6. The smallest absolute Gasteiger partial charge is 0.259 e. The van der Waals surface area contributed by atoms with Crippen molar-refractivity contribution < 1.29 is 15.0 Å². The SMILES string of the molecule is Cc1ccccc1NCC(=O)NN=Cc1ccc(O)cc1O. The number of amides is 1. The van der Waals surface area contributed by atoms with E-state index in [1.54, 1.807) is 0 Å². The van der Waals surface area contributed by atoms with Gasteiger partial charge in [-0.25, -0.2) is 5.43 Å². The van der Waals surface area contributed by atoms with E-state index in [4.69, 9.17) is 5.11 Å². The molecule has 0 aliphatic rings. The average Bonchev–Trinajstić information content (AvgIpc) is 2.49. The number of hydrogen-bond donors (Lipinski definition) is 4. The molecule has 1 amide bonds. The van der Waals surface area contributed by atoms with Gasteiger partial charge in [0.1, 0.15) is 11.5 Å². The van der Waals surface area contributed by atoms with E-state index < -0.39 is 0 Å². The van der Waals surface area contributed by atoms with Gasteiger partial charge in [0, 0.05) is 17.3 Å². The predicted molar refractivity (Wildman–Crippen MR) is 85.2 cm³/mol. The maximum atomic E-state index is 11.7. The number of carbonyl (C=O) groups excluding carboxylic acids is 1. The molecule has 0 aliphatic carbocycles. The third-order valence-corrected chi connectivity index (χ3v) is 2.99. The van der Waals surface area contributed by atoms with E-state index in [1.807, 2.05) is 31.2 Å². The molecule has 6 nitrogen and oxygen atoms in total. The Morgan fingerprint density at radius 1 is 1.23 bits per heavy atom. The first-order chi connectivity index (χ1) is 10.6. The third-order valence-electron chi connectivity index (χ3n) is 2.99. The Bertz CT molecular complexity index is 699. The summed E-state index contributed by atoms with van der Waals surface area (Å²) in [5, 5.41) is 25.5. The van der Waals surface area contributed by atoms with Crippen LogP contribution in [-0.2, 0) is 4.79 Å². The number of carbonyl (C=O) groups is 1. The standard InChI is InChI=1S/C16H17N3O3/c1-11-4-2-3-5-14(11)17-10-16(22)19-18-9-12-6-7-13(20)8-15(12)21/h2-9,17,20-21H,10H2,1H3,(H,19,22). The van der Waals surface area contributed by atoms with Gasteiger partial charge in [0.05, 0.1) is 12.8 Å². The van der Waals surface area contributed by atoms with Crippen molar-refractivity contribution >= 4 is 17.8 Å². The van der Waals surface area contributed by atoms with Gasteiger partial charge in [-0.05, 0) is 30.7 Å². The van der Waals surface area contributed by atoms with Crippen LogP contribution in [0.3, 0.4) is 0 Å². The van der Waals surface area contributed by atoms with E-state index >= 15 is 0 Å². The molecular weight excluding hydrogens is 282 g/mol. The number of benzene rings is 2. The summed E-state index contributed by atoms with van der Waals surface area (Å²) in [4.78, 5) is 11.7. The van der Waals surface area contributed by atoms with Crippen molar-refractivity contribution in [2.24, 2.45) is 5.10 Å². The van der Waals surface area contributed by atoms with Gasteiger partial charge in [0.15, 0.2) is 0 Å². The van der Waals surface area contributed by atoms with Gasteiger partial charge >= 0.3 is 0 Å². The van der Waals surface area contributed by atoms with Crippen molar-refractivity contribution in [3.8, 4) is 11.5 Å². The molecule has 114 valence electrons. The molecule has 0 radical (unpaired) electrons. The van der Waals surface area contributed by atoms with Crippen LogP contribution >= 0.6 is 0 Å². The molecule has 0 heterocycles. The van der Waals surface area contributed by atoms with Crippen molar-refractivity contribution in [2.45, 2.75) is 6.92 Å². The predicted octanol–water partition coefficient (Wildman–Crippen LogP) is 1.97. The van der Waals surface area contributed by atoms with Gasteiger partial charge in [-0.15, -0.1) is 0 Å². The minimum Gasteiger partial charge on any atom is -0.508 e. The summed E-state index contributed by atoms with van der Waals surface area (Å²) < 4.78 is 0. The fraction of sp³-hybridized carbons (Fsp3) is 0.125. The lowest BCUT2D eigenvalue weighted by Gasteiger charge is -2.07. The summed E-state index contributed by atoms with van der Waals surface area (Å²) in [6.07, 6.45) is 1.31. The average molecular weight is 299 g/mol. The number of rotatable bonds is 5. The van der Waals surface area contributed by atoms with E-state index in [0.717, 1.165) is 11.3 Å². The van der Waals surface area contributed by atoms with Crippen LogP contribution in [0.1, 0.15) is 11.1 Å². The quantitative estimate of drug-likeness (QED) is 0.501. The molecule has 2 rings (SSSR count). The van der Waals surface area contributed by atoms with Crippen molar-refractivity contribution in [3.63, 3.8) is 0 Å². The van der Waals surface area contributed by atoms with Crippen LogP contribution in [0.5, 0.6) is 11.5 Å². The van der Waals surface area contributed by atoms with Crippen LogP contribution < -0.4 is 10.7 Å². The molecule has 2 aromatic carbocycles. The maximum absolute atomic E-state index is 11.7. The molecule has 0 unspecified atom stereocenters. The van der Waals surface area contributed by atoms with Crippen molar-refractivity contribution in [1.29, 1.82) is 0 Å². The monoisotopic (exact) mass is 299 g/mol. The zero-order valence-electron chi connectivity index (χ0n) is 12.1. The maximum Gasteiger partial charge on any atom is 0.259 e. The fourth-order valence-corrected chi connectivity index (χ4v) is 1.80. The first-order valence-corrected chi connectivity index (χ1v) is 6.69. The number of aryl methyl sites for hydroxylation is 1. The minimum absolute atomic E-state index is 0.0406. The number of hydrazone groups is 1. The number of anilines is 1. The molecular formula is C16H17N3O3. The highest BCUT2D eigenvalue weighted by Crippen LogP contribution is 2.20. The van der Waals surface area contributed by atoms with Gasteiger partial charge in [-0.3, -0.25) is 4.79 Å². The Balaban J connectivity index is 1.85. The topological polar surface area (TPSA) is 94.0 Å². The first kappa shape index (κ1) is 15.4. The Morgan fingerprint density at radius 2 is 2.00 bits per heavy atom. The molecule has 0 bridgehead atoms. The summed E-state index contributed by atoms with van der Waals surface area (Å²) in [6.45, 7) is 2.04. The molecule has 0 fully saturated rings. The molecule has 0 spiro atoms. The van der Waals surface area contributed by atoms with E-state index in [9.17, 15) is 9.90 Å². The first-order valence-electron chi connectivity index (χ1n) is 6.69. The van der Waals surface area contributed by atoms with Crippen LogP contribution in [0.4, 0.5) is 5.69 Å². The summed E-state index contributed by atoms with van der Waals surface area (Å²) in [5.41, 5.74) is 4.69. The Hall–Kier alpha value is -3.02. The molecule has 4 N–H and O–H groups in total. The molecule has 6 heteroatoms. The second-order valence-corrected chi connectivity index (χ2v) is 4.70. The van der Waals surface area contributed by atoms with Gasteiger partial charge in [-0.2, -0.15) is 5.10 Å². The Kier molecular flexibility index (Phi) is 4.98. The van der Waals surface area contributed by atoms with Crippen LogP contribution in [0, 0.1) is 6.92 Å². The van der Waals surface area contributed by atoms with Gasteiger partial charge < -0.3 is 15.5 Å². The molecule has 22 heavy (non-hydrogen) atoms. The second kappa shape index (κ2) is 7.12. The second-order valence-electron chi connectivity index (χ2n) is 4.70. The molecule has 0 saturated heterocycles. The van der Waals surface area contributed by atoms with E-state index in [1.165, 1.54) is 24.4 Å². The number of nitrogens with zero attached hydrogens (tertiary/aromatic N) is 1. The number of phenols is 2. The van der Waals surface area contributed by atoms with E-state index in [0.29, 0.717) is 5.56 Å². The summed E-state index contributed by atoms with van der Waals surface area (Å²) in [7, 11) is 0. The minimum atomic E-state index is -0.308.